The number of hydrogen-bond acceptors (Lipinski definition) is 4. The number of fused-ring (bicyclic) bond motifs is 1. The number of aromatic amines is 1. The normalized spacial score (nSPS) is 11.6. The summed E-state index contributed by atoms with van der Waals surface area (Å²) < 4.78 is 4.00. The van der Waals surface area contributed by atoms with Crippen LogP contribution in [0, 0.1) is 0 Å². The summed E-state index contributed by atoms with van der Waals surface area (Å²) >= 11 is 13.3. The lowest BCUT2D eigenvalue weighted by Gasteiger charge is -2.00. The van der Waals surface area contributed by atoms with Crippen molar-refractivity contribution in [3.05, 3.63) is 27.9 Å². The third-order valence-corrected chi connectivity index (χ3v) is 4.27. The fourth-order valence-electron chi connectivity index (χ4n) is 1.85. The number of nitrogens with one attached hydrogen (secondary N) is 1. The standard InChI is InChI=1S/C12H10Cl2N4S/c1-5(2)10-11(19-18-17-10)12-15-8-3-6(13)7(14)4-9(8)16-12/h3-5H,1-2H3,(H,15,16). The van der Waals surface area contributed by atoms with E-state index in [9.17, 15) is 0 Å². The molecule has 2 aromatic heterocycles. The predicted molar refractivity (Wildman–Crippen MR) is 79.1 cm³/mol. The smallest absolute Gasteiger partial charge is 0.152 e. The molecule has 0 aliphatic heterocycles. The Morgan fingerprint density at radius 2 is 1.95 bits per heavy atom. The van der Waals surface area contributed by atoms with Crippen LogP contribution >= 0.6 is 34.7 Å². The lowest BCUT2D eigenvalue weighted by Crippen LogP contribution is -1.91. The average molecular weight is 313 g/mol. The summed E-state index contributed by atoms with van der Waals surface area (Å²) in [5.41, 5.74) is 2.58. The minimum atomic E-state index is 0.300. The van der Waals surface area contributed by atoms with Crippen LogP contribution in [0.1, 0.15) is 25.5 Å². The highest BCUT2D eigenvalue weighted by molar-refractivity contribution is 7.09. The van der Waals surface area contributed by atoms with Gasteiger partial charge < -0.3 is 4.98 Å². The predicted octanol–water partition coefficient (Wildman–Crippen LogP) is 4.51. The Hall–Kier alpha value is -1.17. The first-order valence-electron chi connectivity index (χ1n) is 5.73. The Labute approximate surface area is 123 Å². The van der Waals surface area contributed by atoms with Gasteiger partial charge in [-0.3, -0.25) is 0 Å². The van der Waals surface area contributed by atoms with Crippen molar-refractivity contribution in [2.24, 2.45) is 0 Å². The summed E-state index contributed by atoms with van der Waals surface area (Å²) in [5.74, 6) is 1.06. The van der Waals surface area contributed by atoms with E-state index in [1.54, 1.807) is 12.1 Å². The molecule has 0 radical (unpaired) electrons. The fourth-order valence-corrected chi connectivity index (χ4v) is 2.94. The van der Waals surface area contributed by atoms with Crippen molar-refractivity contribution < 1.29 is 0 Å². The molecule has 19 heavy (non-hydrogen) atoms. The van der Waals surface area contributed by atoms with Crippen LogP contribution in [-0.2, 0) is 0 Å². The molecule has 1 N–H and O–H groups in total. The van der Waals surface area contributed by atoms with Crippen LogP contribution in [0.3, 0.4) is 0 Å². The number of aromatic nitrogens is 4. The lowest BCUT2D eigenvalue weighted by molar-refractivity contribution is 0.813. The average Bonchev–Trinajstić information content (AvgIpc) is 2.95. The fraction of sp³-hybridized carbons (Fsp3) is 0.250. The van der Waals surface area contributed by atoms with E-state index in [0.29, 0.717) is 16.0 Å². The van der Waals surface area contributed by atoms with E-state index in [-0.39, 0.29) is 0 Å². The first-order chi connectivity index (χ1) is 9.06. The van der Waals surface area contributed by atoms with Crippen LogP contribution in [0.2, 0.25) is 10.0 Å². The van der Waals surface area contributed by atoms with E-state index in [0.717, 1.165) is 27.4 Å². The number of hydrogen-bond donors (Lipinski definition) is 1. The molecule has 2 heterocycles. The number of benzene rings is 1. The van der Waals surface area contributed by atoms with Crippen molar-refractivity contribution in [2.75, 3.05) is 0 Å². The molecule has 1 aromatic carbocycles. The maximum Gasteiger partial charge on any atom is 0.152 e. The second-order valence-electron chi connectivity index (χ2n) is 4.51. The van der Waals surface area contributed by atoms with Gasteiger partial charge in [-0.15, -0.1) is 5.10 Å². The van der Waals surface area contributed by atoms with Gasteiger partial charge in [0.15, 0.2) is 5.82 Å². The first-order valence-corrected chi connectivity index (χ1v) is 7.26. The lowest BCUT2D eigenvalue weighted by atomic mass is 10.1. The van der Waals surface area contributed by atoms with Crippen molar-refractivity contribution in [1.29, 1.82) is 0 Å². The molecule has 0 unspecified atom stereocenters. The highest BCUT2D eigenvalue weighted by atomic mass is 35.5. The molecule has 98 valence electrons. The molecule has 0 saturated carbocycles. The summed E-state index contributed by atoms with van der Waals surface area (Å²) in [4.78, 5) is 8.73. The Bertz CT molecular complexity index is 708. The van der Waals surface area contributed by atoms with Gasteiger partial charge in [-0.05, 0) is 29.6 Å². The summed E-state index contributed by atoms with van der Waals surface area (Å²) in [6.07, 6.45) is 0. The molecular weight excluding hydrogens is 303 g/mol. The maximum atomic E-state index is 6.00. The van der Waals surface area contributed by atoms with Gasteiger partial charge >= 0.3 is 0 Å². The van der Waals surface area contributed by atoms with Crippen molar-refractivity contribution in [2.45, 2.75) is 19.8 Å². The van der Waals surface area contributed by atoms with Crippen molar-refractivity contribution in [3.8, 4) is 10.7 Å². The molecule has 0 spiro atoms. The zero-order valence-electron chi connectivity index (χ0n) is 10.2. The van der Waals surface area contributed by atoms with Gasteiger partial charge in [-0.2, -0.15) is 0 Å². The molecule has 0 bridgehead atoms. The van der Waals surface area contributed by atoms with Crippen LogP contribution in [0.25, 0.3) is 21.7 Å². The summed E-state index contributed by atoms with van der Waals surface area (Å²) in [5, 5.41) is 5.16. The Kier molecular flexibility index (Phi) is 3.20. The summed E-state index contributed by atoms with van der Waals surface area (Å²) in [6.45, 7) is 4.16. The van der Waals surface area contributed by atoms with Gasteiger partial charge in [0.1, 0.15) is 4.88 Å². The molecule has 0 saturated heterocycles. The maximum absolute atomic E-state index is 6.00. The highest BCUT2D eigenvalue weighted by Crippen LogP contribution is 2.32. The van der Waals surface area contributed by atoms with E-state index < -0.39 is 0 Å². The van der Waals surface area contributed by atoms with Crippen molar-refractivity contribution in [1.82, 2.24) is 19.6 Å². The second-order valence-corrected chi connectivity index (χ2v) is 6.08. The quantitative estimate of drug-likeness (QED) is 0.757. The number of imidazole rings is 1. The van der Waals surface area contributed by atoms with Gasteiger partial charge in [0.05, 0.1) is 26.8 Å². The number of H-pyrrole nitrogens is 1. The topological polar surface area (TPSA) is 54.5 Å². The van der Waals surface area contributed by atoms with Gasteiger partial charge in [0, 0.05) is 0 Å². The monoisotopic (exact) mass is 312 g/mol. The molecule has 4 nitrogen and oxygen atoms in total. The molecule has 3 rings (SSSR count). The summed E-state index contributed by atoms with van der Waals surface area (Å²) in [7, 11) is 0. The first kappa shape index (κ1) is 12.8. The minimum absolute atomic E-state index is 0.300. The number of rotatable bonds is 2. The van der Waals surface area contributed by atoms with Crippen LogP contribution in [0.5, 0.6) is 0 Å². The van der Waals surface area contributed by atoms with Gasteiger partial charge in [0.2, 0.25) is 0 Å². The molecular formula is C12H10Cl2N4S. The van der Waals surface area contributed by atoms with E-state index in [4.69, 9.17) is 23.2 Å². The van der Waals surface area contributed by atoms with E-state index in [2.05, 4.69) is 33.4 Å². The van der Waals surface area contributed by atoms with E-state index in [1.807, 2.05) is 0 Å². The van der Waals surface area contributed by atoms with E-state index in [1.165, 1.54) is 11.5 Å². The number of nitrogens with zero attached hydrogens (tertiary/aromatic N) is 3. The molecule has 0 amide bonds. The largest absolute Gasteiger partial charge is 0.337 e. The second kappa shape index (κ2) is 4.74. The molecule has 0 fully saturated rings. The van der Waals surface area contributed by atoms with E-state index >= 15 is 0 Å². The Balaban J connectivity index is 2.18. The zero-order chi connectivity index (χ0) is 13.6. The Morgan fingerprint density at radius 3 is 2.68 bits per heavy atom. The SMILES string of the molecule is CC(C)c1nnsc1-c1nc2cc(Cl)c(Cl)cc2[nH]1. The molecule has 0 atom stereocenters. The van der Waals surface area contributed by atoms with Crippen LogP contribution < -0.4 is 0 Å². The van der Waals surface area contributed by atoms with Crippen molar-refractivity contribution in [3.63, 3.8) is 0 Å². The molecule has 3 aromatic rings. The Morgan fingerprint density at radius 1 is 1.21 bits per heavy atom. The van der Waals surface area contributed by atoms with Gasteiger partial charge in [0.25, 0.3) is 0 Å². The third kappa shape index (κ3) is 2.22. The zero-order valence-corrected chi connectivity index (χ0v) is 12.6. The molecule has 0 aliphatic carbocycles. The van der Waals surface area contributed by atoms with Gasteiger partial charge in [-0.1, -0.05) is 41.5 Å². The van der Waals surface area contributed by atoms with Crippen molar-refractivity contribution >= 4 is 45.8 Å². The molecule has 0 aliphatic rings. The highest BCUT2D eigenvalue weighted by Gasteiger charge is 2.17. The van der Waals surface area contributed by atoms with Crippen LogP contribution in [0.15, 0.2) is 12.1 Å². The number of halogens is 2. The van der Waals surface area contributed by atoms with Crippen LogP contribution in [0.4, 0.5) is 0 Å². The molecule has 7 heteroatoms. The van der Waals surface area contributed by atoms with Gasteiger partial charge in [-0.25, -0.2) is 4.98 Å². The van der Waals surface area contributed by atoms with Crippen LogP contribution in [-0.4, -0.2) is 19.6 Å². The third-order valence-electron chi connectivity index (χ3n) is 2.80. The summed E-state index contributed by atoms with van der Waals surface area (Å²) in [6, 6.07) is 3.53. The minimum Gasteiger partial charge on any atom is -0.337 e.